The fourth-order valence-corrected chi connectivity index (χ4v) is 3.31. The first-order valence-electron chi connectivity index (χ1n) is 7.15. The van der Waals surface area contributed by atoms with Crippen molar-refractivity contribution in [2.75, 3.05) is 19.7 Å². The van der Waals surface area contributed by atoms with E-state index < -0.39 is 5.41 Å². The number of ketones is 1. The minimum Gasteiger partial charge on any atom is -0.465 e. The van der Waals surface area contributed by atoms with E-state index in [4.69, 9.17) is 4.74 Å². The number of hydrogen-bond donors (Lipinski definition) is 0. The zero-order valence-corrected chi connectivity index (χ0v) is 11.7. The van der Waals surface area contributed by atoms with Gasteiger partial charge in [0.2, 0.25) is 0 Å². The largest absolute Gasteiger partial charge is 0.465 e. The second kappa shape index (κ2) is 5.02. The molecule has 2 aliphatic rings. The lowest BCUT2D eigenvalue weighted by Crippen LogP contribution is -2.54. The van der Waals surface area contributed by atoms with E-state index in [9.17, 15) is 9.59 Å². The molecule has 4 nitrogen and oxygen atoms in total. The number of hydrogen-bond acceptors (Lipinski definition) is 4. The molecule has 0 radical (unpaired) electrons. The van der Waals surface area contributed by atoms with Crippen molar-refractivity contribution >= 4 is 11.8 Å². The minimum atomic E-state index is -0.999. The number of ether oxygens (including phenoxy) is 1. The third-order valence-corrected chi connectivity index (χ3v) is 4.35. The van der Waals surface area contributed by atoms with Gasteiger partial charge in [0.15, 0.2) is 5.78 Å². The zero-order valence-electron chi connectivity index (χ0n) is 11.7. The summed E-state index contributed by atoms with van der Waals surface area (Å²) in [5.74, 6) is -0.324. The summed E-state index contributed by atoms with van der Waals surface area (Å²) in [6.07, 6.45) is 0.907. The van der Waals surface area contributed by atoms with Gasteiger partial charge in [-0.15, -0.1) is 0 Å². The summed E-state index contributed by atoms with van der Waals surface area (Å²) in [5.41, 5.74) is 1.31. The highest BCUT2D eigenvalue weighted by atomic mass is 16.5. The van der Waals surface area contributed by atoms with Gasteiger partial charge >= 0.3 is 5.97 Å². The fraction of sp³-hybridized carbons (Fsp3) is 0.500. The van der Waals surface area contributed by atoms with Gasteiger partial charge in [0.05, 0.1) is 6.61 Å². The van der Waals surface area contributed by atoms with Crippen molar-refractivity contribution < 1.29 is 14.3 Å². The minimum absolute atomic E-state index is 0.0314. The molecule has 0 aliphatic carbocycles. The molecule has 0 saturated carbocycles. The molecule has 1 saturated heterocycles. The maximum absolute atomic E-state index is 12.5. The predicted molar refractivity (Wildman–Crippen MR) is 74.1 cm³/mol. The third-order valence-electron chi connectivity index (χ3n) is 4.35. The molecule has 3 rings (SSSR count). The van der Waals surface area contributed by atoms with Gasteiger partial charge < -0.3 is 4.74 Å². The smallest absolute Gasteiger partial charge is 0.321 e. The van der Waals surface area contributed by atoms with Crippen LogP contribution in [0.1, 0.15) is 24.5 Å². The maximum Gasteiger partial charge on any atom is 0.321 e. The molecule has 1 aromatic carbocycles. The van der Waals surface area contributed by atoms with Gasteiger partial charge in [-0.2, -0.15) is 0 Å². The second-order valence-electron chi connectivity index (χ2n) is 5.63. The number of piperidine rings is 1. The van der Waals surface area contributed by atoms with E-state index >= 15 is 0 Å². The van der Waals surface area contributed by atoms with Crippen molar-refractivity contribution in [2.24, 2.45) is 5.41 Å². The van der Waals surface area contributed by atoms with E-state index in [0.29, 0.717) is 26.0 Å². The Balaban J connectivity index is 2.05. The molecule has 0 aromatic heterocycles. The summed E-state index contributed by atoms with van der Waals surface area (Å²) >= 11 is 0. The van der Waals surface area contributed by atoms with Crippen LogP contribution in [0.25, 0.3) is 0 Å². The molecule has 1 fully saturated rings. The number of rotatable bonds is 2. The summed E-state index contributed by atoms with van der Waals surface area (Å²) in [6, 6.07) is 8.08. The highest BCUT2D eigenvalue weighted by Crippen LogP contribution is 2.37. The average molecular weight is 273 g/mol. The van der Waals surface area contributed by atoms with Crippen LogP contribution in [0.4, 0.5) is 0 Å². The van der Waals surface area contributed by atoms with E-state index in [1.54, 1.807) is 6.92 Å². The van der Waals surface area contributed by atoms with Gasteiger partial charge in [-0.1, -0.05) is 24.3 Å². The van der Waals surface area contributed by atoms with Crippen LogP contribution >= 0.6 is 0 Å². The molecule has 0 N–H and O–H groups in total. The van der Waals surface area contributed by atoms with Crippen LogP contribution in [0.5, 0.6) is 0 Å². The van der Waals surface area contributed by atoms with Crippen molar-refractivity contribution in [1.82, 2.24) is 4.90 Å². The number of fused-ring (bicyclic) bond motifs is 3. The van der Waals surface area contributed by atoms with Crippen LogP contribution in [0.3, 0.4) is 0 Å². The van der Waals surface area contributed by atoms with Gasteiger partial charge in [-0.05, 0) is 24.5 Å². The number of Topliss-reactive ketones (excluding diaryl/α,β-unsaturated/α-hetero) is 1. The molecule has 4 heteroatoms. The Morgan fingerprint density at radius 3 is 2.85 bits per heavy atom. The Kier molecular flexibility index (Phi) is 3.34. The van der Waals surface area contributed by atoms with Crippen LogP contribution < -0.4 is 0 Å². The number of benzene rings is 1. The summed E-state index contributed by atoms with van der Waals surface area (Å²) in [4.78, 5) is 27.1. The molecule has 0 spiro atoms. The first-order chi connectivity index (χ1) is 9.65. The molecule has 1 aromatic rings. The van der Waals surface area contributed by atoms with E-state index in [-0.39, 0.29) is 11.8 Å². The molecule has 2 unspecified atom stereocenters. The zero-order chi connectivity index (χ0) is 14.2. The summed E-state index contributed by atoms with van der Waals surface area (Å²) in [7, 11) is 0. The summed E-state index contributed by atoms with van der Waals surface area (Å²) in [5, 5.41) is 0. The van der Waals surface area contributed by atoms with Gasteiger partial charge in [-0.25, -0.2) is 0 Å². The fourth-order valence-electron chi connectivity index (χ4n) is 3.31. The summed E-state index contributed by atoms with van der Waals surface area (Å²) in [6.45, 7) is 4.12. The standard InChI is InChI=1S/C16H19NO3/c1-2-20-15(19)16-9-12-5-3-4-6-13(12)10-17(11-16)8-7-14(16)18/h3-6H,2,7-11H2,1H3. The highest BCUT2D eigenvalue weighted by Gasteiger charge is 2.51. The predicted octanol–water partition coefficient (Wildman–Crippen LogP) is 1.57. The Morgan fingerprint density at radius 2 is 2.10 bits per heavy atom. The highest BCUT2D eigenvalue weighted by molar-refractivity contribution is 6.05. The van der Waals surface area contributed by atoms with E-state index in [0.717, 1.165) is 18.7 Å². The third kappa shape index (κ3) is 2.04. The number of carbonyl (C=O) groups is 2. The molecule has 2 bridgehead atoms. The van der Waals surface area contributed by atoms with Gasteiger partial charge in [-0.3, -0.25) is 14.5 Å². The van der Waals surface area contributed by atoms with E-state index in [2.05, 4.69) is 11.0 Å². The van der Waals surface area contributed by atoms with Crippen LogP contribution in [0, 0.1) is 5.41 Å². The topological polar surface area (TPSA) is 46.6 Å². The first kappa shape index (κ1) is 13.3. The van der Waals surface area contributed by atoms with Crippen LogP contribution in [0.2, 0.25) is 0 Å². The van der Waals surface area contributed by atoms with Gasteiger partial charge in [0.1, 0.15) is 5.41 Å². The molecule has 106 valence electrons. The first-order valence-corrected chi connectivity index (χ1v) is 7.15. The monoisotopic (exact) mass is 273 g/mol. The molecule has 20 heavy (non-hydrogen) atoms. The van der Waals surface area contributed by atoms with Crippen LogP contribution in [0.15, 0.2) is 24.3 Å². The van der Waals surface area contributed by atoms with E-state index in [1.165, 1.54) is 5.56 Å². The van der Waals surface area contributed by atoms with E-state index in [1.807, 2.05) is 18.2 Å². The molecule has 2 aliphatic heterocycles. The molecule has 2 heterocycles. The van der Waals surface area contributed by atoms with Crippen molar-refractivity contribution in [3.05, 3.63) is 35.4 Å². The van der Waals surface area contributed by atoms with Crippen molar-refractivity contribution in [3.8, 4) is 0 Å². The lowest BCUT2D eigenvalue weighted by Gasteiger charge is -2.37. The second-order valence-corrected chi connectivity index (χ2v) is 5.63. The molecule has 0 amide bonds. The Labute approximate surface area is 118 Å². The number of nitrogens with zero attached hydrogens (tertiary/aromatic N) is 1. The normalized spacial score (nSPS) is 28.4. The van der Waals surface area contributed by atoms with Crippen molar-refractivity contribution in [3.63, 3.8) is 0 Å². The number of esters is 1. The lowest BCUT2D eigenvalue weighted by molar-refractivity contribution is -0.163. The molecule has 2 atom stereocenters. The lowest BCUT2D eigenvalue weighted by atomic mass is 9.74. The Hall–Kier alpha value is -1.68. The van der Waals surface area contributed by atoms with Crippen molar-refractivity contribution in [2.45, 2.75) is 26.3 Å². The SMILES string of the molecule is CCOC(=O)C12Cc3ccccc3CN(CCC1=O)C2. The Morgan fingerprint density at radius 1 is 1.35 bits per heavy atom. The summed E-state index contributed by atoms with van der Waals surface area (Å²) < 4.78 is 5.21. The number of carbonyl (C=O) groups excluding carboxylic acids is 2. The average Bonchev–Trinajstić information content (AvgIpc) is 2.58. The van der Waals surface area contributed by atoms with Gasteiger partial charge in [0.25, 0.3) is 0 Å². The maximum atomic E-state index is 12.5. The van der Waals surface area contributed by atoms with Crippen molar-refractivity contribution in [1.29, 1.82) is 0 Å². The van der Waals surface area contributed by atoms with Gasteiger partial charge in [0, 0.05) is 26.1 Å². The quantitative estimate of drug-likeness (QED) is 0.606. The molecular formula is C16H19NO3. The molecular weight excluding hydrogens is 254 g/mol. The Bertz CT molecular complexity index is 554. The van der Waals surface area contributed by atoms with Crippen LogP contribution in [-0.4, -0.2) is 36.3 Å². The van der Waals surface area contributed by atoms with Crippen LogP contribution in [-0.2, 0) is 27.3 Å².